The molecule has 3 nitrogen and oxygen atoms in total. The van der Waals surface area contributed by atoms with Crippen LogP contribution in [0.1, 0.15) is 39.0 Å². The smallest absolute Gasteiger partial charge is 0.333 e. The zero-order chi connectivity index (χ0) is 11.5. The number of fused-ring (bicyclic) bond motifs is 1. The van der Waals surface area contributed by atoms with Crippen molar-refractivity contribution in [3.8, 4) is 0 Å². The number of epoxide rings is 1. The number of carbonyl (C=O) groups is 1. The van der Waals surface area contributed by atoms with Crippen LogP contribution in [0.15, 0.2) is 12.2 Å². The topological polar surface area (TPSA) is 38.8 Å². The third kappa shape index (κ3) is 2.85. The minimum absolute atomic E-state index is 0.237. The van der Waals surface area contributed by atoms with Gasteiger partial charge in [0.2, 0.25) is 0 Å². The van der Waals surface area contributed by atoms with Crippen LogP contribution in [0.5, 0.6) is 0 Å². The summed E-state index contributed by atoms with van der Waals surface area (Å²) in [5, 5.41) is 0. The fourth-order valence-electron chi connectivity index (χ4n) is 2.46. The molecule has 0 aromatic carbocycles. The molecular formula is C13H20O3. The van der Waals surface area contributed by atoms with Crippen LogP contribution >= 0.6 is 0 Å². The zero-order valence-corrected chi connectivity index (χ0v) is 9.91. The summed E-state index contributed by atoms with van der Waals surface area (Å²) >= 11 is 0. The van der Waals surface area contributed by atoms with E-state index < -0.39 is 0 Å². The number of rotatable bonds is 5. The summed E-state index contributed by atoms with van der Waals surface area (Å²) in [7, 11) is 0. The van der Waals surface area contributed by atoms with Gasteiger partial charge < -0.3 is 9.47 Å². The van der Waals surface area contributed by atoms with E-state index in [-0.39, 0.29) is 5.97 Å². The summed E-state index contributed by atoms with van der Waals surface area (Å²) in [6.07, 6.45) is 6.49. The van der Waals surface area contributed by atoms with E-state index >= 15 is 0 Å². The lowest BCUT2D eigenvalue weighted by Crippen LogP contribution is -2.14. The second-order valence-corrected chi connectivity index (χ2v) is 4.75. The highest BCUT2D eigenvalue weighted by molar-refractivity contribution is 5.87. The maximum absolute atomic E-state index is 11.3. The van der Waals surface area contributed by atoms with Gasteiger partial charge >= 0.3 is 5.97 Å². The van der Waals surface area contributed by atoms with Gasteiger partial charge in [-0.25, -0.2) is 4.79 Å². The lowest BCUT2D eigenvalue weighted by Gasteiger charge is -2.18. The van der Waals surface area contributed by atoms with Gasteiger partial charge in [0.05, 0.1) is 18.8 Å². The van der Waals surface area contributed by atoms with Gasteiger partial charge in [-0.2, -0.15) is 0 Å². The van der Waals surface area contributed by atoms with Crippen LogP contribution in [-0.4, -0.2) is 24.8 Å². The van der Waals surface area contributed by atoms with Crippen molar-refractivity contribution < 1.29 is 14.3 Å². The van der Waals surface area contributed by atoms with E-state index in [0.717, 1.165) is 12.8 Å². The molecule has 1 aliphatic heterocycles. The number of esters is 1. The highest BCUT2D eigenvalue weighted by Gasteiger charge is 2.43. The summed E-state index contributed by atoms with van der Waals surface area (Å²) < 4.78 is 10.4. The van der Waals surface area contributed by atoms with Crippen LogP contribution in [0.4, 0.5) is 0 Å². The Balaban J connectivity index is 1.66. The van der Waals surface area contributed by atoms with Crippen LogP contribution in [-0.2, 0) is 14.3 Å². The standard InChI is InChI=1S/C13H20O3/c1-3-15-13(14)9(2)4-5-10-6-7-11-12(8-10)16-11/h10-12H,2-8H2,1H3. The highest BCUT2D eigenvalue weighted by Crippen LogP contribution is 2.41. The summed E-state index contributed by atoms with van der Waals surface area (Å²) in [6, 6.07) is 0. The molecule has 3 atom stereocenters. The molecule has 16 heavy (non-hydrogen) atoms. The largest absolute Gasteiger partial charge is 0.463 e. The molecule has 3 heteroatoms. The Morgan fingerprint density at radius 3 is 2.94 bits per heavy atom. The van der Waals surface area contributed by atoms with E-state index in [1.54, 1.807) is 0 Å². The average Bonchev–Trinajstić information content (AvgIpc) is 3.04. The zero-order valence-electron chi connectivity index (χ0n) is 9.91. The predicted molar refractivity (Wildman–Crippen MR) is 61.0 cm³/mol. The molecule has 0 radical (unpaired) electrons. The Morgan fingerprint density at radius 2 is 2.25 bits per heavy atom. The van der Waals surface area contributed by atoms with E-state index in [1.165, 1.54) is 19.3 Å². The van der Waals surface area contributed by atoms with E-state index in [4.69, 9.17) is 9.47 Å². The molecule has 0 aromatic heterocycles. The molecule has 3 unspecified atom stereocenters. The maximum Gasteiger partial charge on any atom is 0.333 e. The van der Waals surface area contributed by atoms with Crippen LogP contribution in [0, 0.1) is 5.92 Å². The SMILES string of the molecule is C=C(CCC1CCC2OC2C1)C(=O)OCC. The molecule has 0 N–H and O–H groups in total. The first-order valence-corrected chi connectivity index (χ1v) is 6.21. The van der Waals surface area contributed by atoms with Gasteiger partial charge in [-0.15, -0.1) is 0 Å². The van der Waals surface area contributed by atoms with E-state index in [0.29, 0.717) is 30.3 Å². The van der Waals surface area contributed by atoms with Gasteiger partial charge in [0.25, 0.3) is 0 Å². The van der Waals surface area contributed by atoms with Crippen LogP contribution < -0.4 is 0 Å². The summed E-state index contributed by atoms with van der Waals surface area (Å²) in [6.45, 7) is 6.03. The van der Waals surface area contributed by atoms with Gasteiger partial charge in [0, 0.05) is 5.57 Å². The third-order valence-electron chi connectivity index (χ3n) is 3.53. The molecule has 0 amide bonds. The molecule has 1 saturated carbocycles. The Labute approximate surface area is 96.8 Å². The van der Waals surface area contributed by atoms with Crippen molar-refractivity contribution >= 4 is 5.97 Å². The summed E-state index contributed by atoms with van der Waals surface area (Å²) in [5.41, 5.74) is 0.612. The average molecular weight is 224 g/mol. The summed E-state index contributed by atoms with van der Waals surface area (Å²) in [5.74, 6) is 0.466. The molecule has 0 aromatic rings. The van der Waals surface area contributed by atoms with Gasteiger partial charge in [-0.1, -0.05) is 6.58 Å². The van der Waals surface area contributed by atoms with Crippen LogP contribution in [0.2, 0.25) is 0 Å². The number of carbonyl (C=O) groups excluding carboxylic acids is 1. The van der Waals surface area contributed by atoms with Crippen molar-refractivity contribution in [2.45, 2.75) is 51.2 Å². The molecule has 1 heterocycles. The second kappa shape index (κ2) is 5.00. The number of ether oxygens (including phenoxy) is 2. The van der Waals surface area contributed by atoms with Gasteiger partial charge in [0.1, 0.15) is 0 Å². The van der Waals surface area contributed by atoms with Crippen molar-refractivity contribution in [1.29, 1.82) is 0 Å². The quantitative estimate of drug-likeness (QED) is 0.409. The molecule has 0 spiro atoms. The predicted octanol–water partition coefficient (Wildman–Crippen LogP) is 2.45. The van der Waals surface area contributed by atoms with Crippen LogP contribution in [0.3, 0.4) is 0 Å². The van der Waals surface area contributed by atoms with Crippen molar-refractivity contribution in [2.24, 2.45) is 5.92 Å². The first-order valence-electron chi connectivity index (χ1n) is 6.21. The molecular weight excluding hydrogens is 204 g/mol. The summed E-state index contributed by atoms with van der Waals surface area (Å²) in [4.78, 5) is 11.3. The molecule has 2 aliphatic rings. The Bertz CT molecular complexity index is 285. The lowest BCUT2D eigenvalue weighted by molar-refractivity contribution is -0.138. The Kier molecular flexibility index (Phi) is 3.64. The maximum atomic E-state index is 11.3. The van der Waals surface area contributed by atoms with Crippen molar-refractivity contribution in [1.82, 2.24) is 0 Å². The second-order valence-electron chi connectivity index (χ2n) is 4.75. The minimum atomic E-state index is -0.237. The van der Waals surface area contributed by atoms with Gasteiger partial charge in [0.15, 0.2) is 0 Å². The Hall–Kier alpha value is -0.830. The van der Waals surface area contributed by atoms with Crippen molar-refractivity contribution in [3.05, 3.63) is 12.2 Å². The van der Waals surface area contributed by atoms with Crippen molar-refractivity contribution in [2.75, 3.05) is 6.61 Å². The molecule has 90 valence electrons. The van der Waals surface area contributed by atoms with Crippen molar-refractivity contribution in [3.63, 3.8) is 0 Å². The van der Waals surface area contributed by atoms with E-state index in [1.807, 2.05) is 6.92 Å². The first-order chi connectivity index (χ1) is 7.70. The molecule has 0 bridgehead atoms. The van der Waals surface area contributed by atoms with Crippen LogP contribution in [0.25, 0.3) is 0 Å². The molecule has 1 aliphatic carbocycles. The molecule has 2 fully saturated rings. The Morgan fingerprint density at radius 1 is 1.44 bits per heavy atom. The lowest BCUT2D eigenvalue weighted by atomic mass is 9.85. The normalized spacial score (nSPS) is 31.7. The first kappa shape index (κ1) is 11.6. The molecule has 1 saturated heterocycles. The fourth-order valence-corrected chi connectivity index (χ4v) is 2.46. The fraction of sp³-hybridized carbons (Fsp3) is 0.769. The monoisotopic (exact) mass is 224 g/mol. The van der Waals surface area contributed by atoms with Gasteiger partial charge in [-0.05, 0) is 44.9 Å². The third-order valence-corrected chi connectivity index (χ3v) is 3.53. The number of hydrogen-bond donors (Lipinski definition) is 0. The van der Waals surface area contributed by atoms with Gasteiger partial charge in [-0.3, -0.25) is 0 Å². The highest BCUT2D eigenvalue weighted by atomic mass is 16.6. The van der Waals surface area contributed by atoms with E-state index in [2.05, 4.69) is 6.58 Å². The molecule has 2 rings (SSSR count). The minimum Gasteiger partial charge on any atom is -0.463 e. The van der Waals surface area contributed by atoms with E-state index in [9.17, 15) is 4.79 Å². The number of hydrogen-bond acceptors (Lipinski definition) is 3.